The zero-order valence-corrected chi connectivity index (χ0v) is 12.2. The molecule has 1 amide bonds. The van der Waals surface area contributed by atoms with E-state index in [-0.39, 0.29) is 12.5 Å². The van der Waals surface area contributed by atoms with E-state index in [4.69, 9.17) is 5.26 Å². The van der Waals surface area contributed by atoms with Crippen LogP contribution in [0.15, 0.2) is 24.3 Å². The number of para-hydroxylation sites is 1. The van der Waals surface area contributed by atoms with Gasteiger partial charge in [0.05, 0.1) is 23.4 Å². The Morgan fingerprint density at radius 2 is 2.10 bits per heavy atom. The number of hydrogen-bond acceptors (Lipinski definition) is 4. The lowest BCUT2D eigenvalue weighted by atomic mass is 10.1. The van der Waals surface area contributed by atoms with Crippen molar-refractivity contribution in [3.8, 4) is 6.07 Å². The number of nitrogens with zero attached hydrogens (tertiary/aromatic N) is 2. The molecule has 0 fully saturated rings. The van der Waals surface area contributed by atoms with Crippen LogP contribution in [-0.4, -0.2) is 41.1 Å². The Bertz CT molecular complexity index is 501. The lowest BCUT2D eigenvalue weighted by Gasteiger charge is -2.27. The van der Waals surface area contributed by atoms with Crippen molar-refractivity contribution in [3.63, 3.8) is 0 Å². The molecule has 0 saturated heterocycles. The molecular weight excluding hydrogens is 254 g/mol. The van der Waals surface area contributed by atoms with Crippen LogP contribution < -0.4 is 5.32 Å². The first kappa shape index (κ1) is 16.2. The fourth-order valence-electron chi connectivity index (χ4n) is 1.91. The van der Waals surface area contributed by atoms with Gasteiger partial charge in [0.2, 0.25) is 5.91 Å². The predicted octanol–water partition coefficient (Wildman–Crippen LogP) is 1.59. The van der Waals surface area contributed by atoms with E-state index in [9.17, 15) is 9.90 Å². The third-order valence-corrected chi connectivity index (χ3v) is 2.75. The molecule has 5 heteroatoms. The van der Waals surface area contributed by atoms with Gasteiger partial charge >= 0.3 is 0 Å². The first-order valence-corrected chi connectivity index (χ1v) is 6.59. The smallest absolute Gasteiger partial charge is 0.238 e. The molecule has 5 nitrogen and oxygen atoms in total. The lowest BCUT2D eigenvalue weighted by Crippen LogP contribution is -2.42. The number of carbonyl (C=O) groups excluding carboxylic acids is 1. The van der Waals surface area contributed by atoms with Crippen LogP contribution in [0.25, 0.3) is 0 Å². The average molecular weight is 275 g/mol. The summed E-state index contributed by atoms with van der Waals surface area (Å²) in [6, 6.07) is 8.91. The monoisotopic (exact) mass is 275 g/mol. The van der Waals surface area contributed by atoms with Crippen molar-refractivity contribution in [2.24, 2.45) is 0 Å². The fraction of sp³-hybridized carbons (Fsp3) is 0.467. The number of anilines is 1. The van der Waals surface area contributed by atoms with Crippen LogP contribution >= 0.6 is 0 Å². The van der Waals surface area contributed by atoms with Gasteiger partial charge in [0.1, 0.15) is 6.07 Å². The number of nitrogens with one attached hydrogen (secondary N) is 1. The van der Waals surface area contributed by atoms with Crippen molar-refractivity contribution in [3.05, 3.63) is 29.8 Å². The molecule has 0 aliphatic heterocycles. The van der Waals surface area contributed by atoms with E-state index in [0.717, 1.165) is 0 Å². The van der Waals surface area contributed by atoms with Gasteiger partial charge in [-0.25, -0.2) is 0 Å². The van der Waals surface area contributed by atoms with Crippen LogP contribution in [-0.2, 0) is 4.79 Å². The summed E-state index contributed by atoms with van der Waals surface area (Å²) in [6.45, 7) is 6.60. The van der Waals surface area contributed by atoms with Crippen LogP contribution in [0.3, 0.4) is 0 Å². The van der Waals surface area contributed by atoms with Gasteiger partial charge in [-0.15, -0.1) is 0 Å². The number of hydrogen-bond donors (Lipinski definition) is 2. The largest absolute Gasteiger partial charge is 0.389 e. The highest BCUT2D eigenvalue weighted by Gasteiger charge is 2.19. The number of carbonyl (C=O) groups is 1. The Hall–Kier alpha value is -1.90. The van der Waals surface area contributed by atoms with Gasteiger partial charge in [0.25, 0.3) is 0 Å². The van der Waals surface area contributed by atoms with Gasteiger partial charge in [-0.1, -0.05) is 19.1 Å². The van der Waals surface area contributed by atoms with E-state index in [1.807, 2.05) is 17.9 Å². The van der Waals surface area contributed by atoms with Crippen LogP contribution in [0.5, 0.6) is 0 Å². The molecule has 20 heavy (non-hydrogen) atoms. The number of nitriles is 1. The summed E-state index contributed by atoms with van der Waals surface area (Å²) < 4.78 is 0. The van der Waals surface area contributed by atoms with Crippen molar-refractivity contribution in [1.82, 2.24) is 4.90 Å². The maximum atomic E-state index is 12.0. The minimum Gasteiger partial charge on any atom is -0.389 e. The third-order valence-electron chi connectivity index (χ3n) is 2.75. The Morgan fingerprint density at radius 3 is 2.65 bits per heavy atom. The molecule has 1 aromatic rings. The maximum absolute atomic E-state index is 12.0. The van der Waals surface area contributed by atoms with Crippen LogP contribution in [0.4, 0.5) is 5.69 Å². The minimum atomic E-state index is -0.846. The van der Waals surface area contributed by atoms with Gasteiger partial charge in [-0.3, -0.25) is 9.69 Å². The molecule has 0 aliphatic rings. The SMILES string of the molecule is CCN(CC(=O)Nc1ccccc1C#N)CC(C)(C)O. The second-order valence-corrected chi connectivity index (χ2v) is 5.32. The Balaban J connectivity index is 2.65. The van der Waals surface area contributed by atoms with Crippen LogP contribution in [0.1, 0.15) is 26.3 Å². The van der Waals surface area contributed by atoms with Crippen molar-refractivity contribution >= 4 is 11.6 Å². The number of rotatable bonds is 6. The highest BCUT2D eigenvalue weighted by atomic mass is 16.3. The first-order valence-electron chi connectivity index (χ1n) is 6.59. The van der Waals surface area contributed by atoms with Gasteiger partial charge in [-0.2, -0.15) is 5.26 Å². The molecule has 0 spiro atoms. The molecule has 0 atom stereocenters. The minimum absolute atomic E-state index is 0.181. The third kappa shape index (κ3) is 5.39. The van der Waals surface area contributed by atoms with E-state index >= 15 is 0 Å². The number of aliphatic hydroxyl groups is 1. The summed E-state index contributed by atoms with van der Waals surface area (Å²) in [4.78, 5) is 13.8. The predicted molar refractivity (Wildman–Crippen MR) is 78.2 cm³/mol. The highest BCUT2D eigenvalue weighted by molar-refractivity contribution is 5.93. The standard InChI is InChI=1S/C15H21N3O2/c1-4-18(11-15(2,3)20)10-14(19)17-13-8-6-5-7-12(13)9-16/h5-8,20H,4,10-11H2,1-3H3,(H,17,19). The van der Waals surface area contributed by atoms with Gasteiger partial charge in [0, 0.05) is 6.54 Å². The quantitative estimate of drug-likeness (QED) is 0.826. The zero-order chi connectivity index (χ0) is 15.2. The van der Waals surface area contributed by atoms with E-state index < -0.39 is 5.60 Å². The van der Waals surface area contributed by atoms with Gasteiger partial charge in [-0.05, 0) is 32.5 Å². The van der Waals surface area contributed by atoms with E-state index in [1.54, 1.807) is 38.1 Å². The molecule has 0 saturated carbocycles. The lowest BCUT2D eigenvalue weighted by molar-refractivity contribution is -0.117. The van der Waals surface area contributed by atoms with Crippen molar-refractivity contribution in [1.29, 1.82) is 5.26 Å². The summed E-state index contributed by atoms with van der Waals surface area (Å²) in [5.41, 5.74) is 0.103. The fourth-order valence-corrected chi connectivity index (χ4v) is 1.91. The molecule has 0 bridgehead atoms. The molecule has 108 valence electrons. The molecule has 1 aromatic carbocycles. The second-order valence-electron chi connectivity index (χ2n) is 5.32. The second kappa shape index (κ2) is 7.04. The maximum Gasteiger partial charge on any atom is 0.238 e. The van der Waals surface area contributed by atoms with E-state index in [0.29, 0.717) is 24.3 Å². The van der Waals surface area contributed by atoms with E-state index in [2.05, 4.69) is 5.32 Å². The van der Waals surface area contributed by atoms with Gasteiger partial charge < -0.3 is 10.4 Å². The first-order chi connectivity index (χ1) is 9.35. The molecule has 1 rings (SSSR count). The average Bonchev–Trinajstić information content (AvgIpc) is 2.36. The zero-order valence-electron chi connectivity index (χ0n) is 12.2. The molecule has 0 unspecified atom stereocenters. The summed E-state index contributed by atoms with van der Waals surface area (Å²) in [5, 5.41) is 21.5. The van der Waals surface area contributed by atoms with Crippen molar-refractivity contribution < 1.29 is 9.90 Å². The van der Waals surface area contributed by atoms with Crippen LogP contribution in [0, 0.1) is 11.3 Å². The molecule has 0 aromatic heterocycles. The van der Waals surface area contributed by atoms with Gasteiger partial charge in [0.15, 0.2) is 0 Å². The summed E-state index contributed by atoms with van der Waals surface area (Å²) in [7, 11) is 0. The summed E-state index contributed by atoms with van der Waals surface area (Å²) in [6.07, 6.45) is 0. The van der Waals surface area contributed by atoms with E-state index in [1.165, 1.54) is 0 Å². The summed E-state index contributed by atoms with van der Waals surface area (Å²) in [5.74, 6) is -0.196. The Kier molecular flexibility index (Phi) is 5.68. The molecule has 2 N–H and O–H groups in total. The van der Waals surface area contributed by atoms with Crippen molar-refractivity contribution in [2.75, 3.05) is 25.0 Å². The number of amides is 1. The summed E-state index contributed by atoms with van der Waals surface area (Å²) >= 11 is 0. The van der Waals surface area contributed by atoms with Crippen molar-refractivity contribution in [2.45, 2.75) is 26.4 Å². The highest BCUT2D eigenvalue weighted by Crippen LogP contribution is 2.13. The molecule has 0 aliphatic carbocycles. The Morgan fingerprint density at radius 1 is 1.45 bits per heavy atom. The topological polar surface area (TPSA) is 76.4 Å². The molecule has 0 radical (unpaired) electrons. The normalized spacial score (nSPS) is 11.2. The number of likely N-dealkylation sites (N-methyl/N-ethyl adjacent to an activating group) is 1. The molecular formula is C15H21N3O2. The molecule has 0 heterocycles. The Labute approximate surface area is 119 Å². The number of benzene rings is 1. The van der Waals surface area contributed by atoms with Crippen LogP contribution in [0.2, 0.25) is 0 Å².